The van der Waals surface area contributed by atoms with Crippen LogP contribution < -0.4 is 0 Å². The minimum atomic E-state index is -0.222. The van der Waals surface area contributed by atoms with Gasteiger partial charge in [0, 0.05) is 6.20 Å². The maximum Gasteiger partial charge on any atom is 0.137 e. The molecular formula is C12H17NO2. The minimum absolute atomic E-state index is 0.222. The van der Waals surface area contributed by atoms with E-state index < -0.39 is 0 Å². The highest BCUT2D eigenvalue weighted by atomic mass is 16.3. The van der Waals surface area contributed by atoms with Crippen LogP contribution in [0.3, 0.4) is 0 Å². The van der Waals surface area contributed by atoms with Gasteiger partial charge in [-0.1, -0.05) is 12.8 Å². The van der Waals surface area contributed by atoms with E-state index in [9.17, 15) is 10.2 Å². The third kappa shape index (κ3) is 2.48. The number of nitrogens with zero attached hydrogens (tertiary/aromatic N) is 1. The first-order chi connectivity index (χ1) is 7.27. The number of aliphatic hydroxyl groups is 1. The van der Waals surface area contributed by atoms with Gasteiger partial charge >= 0.3 is 0 Å². The van der Waals surface area contributed by atoms with Crippen LogP contribution in [0.2, 0.25) is 0 Å². The first-order valence-corrected chi connectivity index (χ1v) is 5.58. The van der Waals surface area contributed by atoms with Gasteiger partial charge in [0.2, 0.25) is 0 Å². The predicted molar refractivity (Wildman–Crippen MR) is 57.6 cm³/mol. The lowest BCUT2D eigenvalue weighted by Gasteiger charge is -2.27. The van der Waals surface area contributed by atoms with Gasteiger partial charge in [-0.25, -0.2) is 0 Å². The first-order valence-electron chi connectivity index (χ1n) is 5.58. The van der Waals surface area contributed by atoms with Crippen LogP contribution in [0.25, 0.3) is 0 Å². The van der Waals surface area contributed by atoms with Crippen LogP contribution in [0.15, 0.2) is 18.3 Å². The van der Waals surface area contributed by atoms with Crippen molar-refractivity contribution in [1.29, 1.82) is 0 Å². The highest BCUT2D eigenvalue weighted by Gasteiger charge is 2.24. The zero-order valence-corrected chi connectivity index (χ0v) is 8.76. The summed E-state index contributed by atoms with van der Waals surface area (Å²) in [5.74, 6) is 0.509. The standard InChI is InChI=1S/C12H17NO2/c14-11-5-2-1-4-9(11)8-10-12(15)6-3-7-13-10/h3,6-7,9,11,14-15H,1-2,4-5,8H2. The lowest BCUT2D eigenvalue weighted by atomic mass is 9.83. The number of aromatic hydroxyl groups is 1. The molecule has 82 valence electrons. The minimum Gasteiger partial charge on any atom is -0.506 e. The Morgan fingerprint density at radius 1 is 1.33 bits per heavy atom. The molecule has 0 aromatic carbocycles. The molecule has 2 atom stereocenters. The van der Waals surface area contributed by atoms with Gasteiger partial charge in [0.15, 0.2) is 0 Å². The molecule has 0 bridgehead atoms. The van der Waals surface area contributed by atoms with Crippen molar-refractivity contribution in [2.75, 3.05) is 0 Å². The Kier molecular flexibility index (Phi) is 3.21. The van der Waals surface area contributed by atoms with E-state index in [1.54, 1.807) is 18.3 Å². The molecular weight excluding hydrogens is 190 g/mol. The summed E-state index contributed by atoms with van der Waals surface area (Å²) < 4.78 is 0. The van der Waals surface area contributed by atoms with Gasteiger partial charge in [-0.2, -0.15) is 0 Å². The molecule has 0 amide bonds. The van der Waals surface area contributed by atoms with E-state index in [0.29, 0.717) is 12.1 Å². The Balaban J connectivity index is 2.04. The lowest BCUT2D eigenvalue weighted by Crippen LogP contribution is -2.26. The van der Waals surface area contributed by atoms with Crippen molar-refractivity contribution in [3.63, 3.8) is 0 Å². The third-order valence-corrected chi connectivity index (χ3v) is 3.19. The average Bonchev–Trinajstić information content (AvgIpc) is 2.24. The monoisotopic (exact) mass is 207 g/mol. The molecule has 1 aliphatic carbocycles. The molecule has 1 saturated carbocycles. The summed E-state index contributed by atoms with van der Waals surface area (Å²) in [6, 6.07) is 3.37. The van der Waals surface area contributed by atoms with Gasteiger partial charge in [0.05, 0.1) is 11.8 Å². The fourth-order valence-corrected chi connectivity index (χ4v) is 2.26. The van der Waals surface area contributed by atoms with Crippen molar-refractivity contribution < 1.29 is 10.2 Å². The van der Waals surface area contributed by atoms with Crippen molar-refractivity contribution in [3.8, 4) is 5.75 Å². The Hall–Kier alpha value is -1.09. The smallest absolute Gasteiger partial charge is 0.137 e. The molecule has 2 N–H and O–H groups in total. The maximum atomic E-state index is 9.81. The molecule has 15 heavy (non-hydrogen) atoms. The third-order valence-electron chi connectivity index (χ3n) is 3.19. The maximum absolute atomic E-state index is 9.81. The van der Waals surface area contributed by atoms with Gasteiger partial charge in [0.25, 0.3) is 0 Å². The zero-order chi connectivity index (χ0) is 10.7. The van der Waals surface area contributed by atoms with E-state index in [-0.39, 0.29) is 17.8 Å². The average molecular weight is 207 g/mol. The summed E-state index contributed by atoms with van der Waals surface area (Å²) in [7, 11) is 0. The van der Waals surface area contributed by atoms with Crippen molar-refractivity contribution in [2.45, 2.75) is 38.2 Å². The highest BCUT2D eigenvalue weighted by Crippen LogP contribution is 2.28. The van der Waals surface area contributed by atoms with E-state index in [1.165, 1.54) is 6.42 Å². The van der Waals surface area contributed by atoms with Crippen LogP contribution in [0.4, 0.5) is 0 Å². The number of aromatic nitrogens is 1. The van der Waals surface area contributed by atoms with Gasteiger partial charge in [-0.05, 0) is 37.3 Å². The van der Waals surface area contributed by atoms with E-state index in [1.807, 2.05) is 0 Å². The molecule has 2 unspecified atom stereocenters. The fourth-order valence-electron chi connectivity index (χ4n) is 2.26. The van der Waals surface area contributed by atoms with Gasteiger partial charge in [0.1, 0.15) is 5.75 Å². The van der Waals surface area contributed by atoms with E-state index in [4.69, 9.17) is 0 Å². The first kappa shape index (κ1) is 10.4. The molecule has 0 spiro atoms. The van der Waals surface area contributed by atoms with Crippen LogP contribution >= 0.6 is 0 Å². The molecule has 0 aliphatic heterocycles. The Bertz CT molecular complexity index is 327. The normalized spacial score (nSPS) is 26.5. The molecule has 2 rings (SSSR count). The summed E-state index contributed by atoms with van der Waals surface area (Å²) in [5.41, 5.74) is 0.712. The van der Waals surface area contributed by atoms with Crippen LogP contribution in [0.5, 0.6) is 5.75 Å². The van der Waals surface area contributed by atoms with Crippen LogP contribution in [-0.2, 0) is 6.42 Å². The molecule has 0 saturated heterocycles. The summed E-state index contributed by atoms with van der Waals surface area (Å²) in [4.78, 5) is 4.15. The van der Waals surface area contributed by atoms with Gasteiger partial charge < -0.3 is 10.2 Å². The predicted octanol–water partition coefficient (Wildman–Crippen LogP) is 1.88. The molecule has 3 heteroatoms. The summed E-state index contributed by atoms with van der Waals surface area (Å²) in [5, 5.41) is 19.4. The summed E-state index contributed by atoms with van der Waals surface area (Å²) >= 11 is 0. The highest BCUT2D eigenvalue weighted by molar-refractivity contribution is 5.25. The lowest BCUT2D eigenvalue weighted by molar-refractivity contribution is 0.0692. The molecule has 1 fully saturated rings. The Labute approximate surface area is 89.8 Å². The van der Waals surface area contributed by atoms with Gasteiger partial charge in [-0.3, -0.25) is 4.98 Å². The molecule has 1 aliphatic rings. The van der Waals surface area contributed by atoms with Crippen molar-refractivity contribution in [3.05, 3.63) is 24.0 Å². The second-order valence-corrected chi connectivity index (χ2v) is 4.29. The van der Waals surface area contributed by atoms with Crippen molar-refractivity contribution >= 4 is 0 Å². The molecule has 3 nitrogen and oxygen atoms in total. The number of aliphatic hydroxyl groups excluding tert-OH is 1. The molecule has 1 heterocycles. The van der Waals surface area contributed by atoms with E-state index >= 15 is 0 Å². The van der Waals surface area contributed by atoms with Crippen LogP contribution in [0.1, 0.15) is 31.4 Å². The summed E-state index contributed by atoms with van der Waals surface area (Å²) in [6.07, 6.45) is 6.37. The van der Waals surface area contributed by atoms with Gasteiger partial charge in [-0.15, -0.1) is 0 Å². The second kappa shape index (κ2) is 4.62. The molecule has 0 radical (unpaired) electrons. The number of rotatable bonds is 2. The molecule has 1 aromatic heterocycles. The SMILES string of the molecule is Oc1cccnc1CC1CCCCC1O. The second-order valence-electron chi connectivity index (χ2n) is 4.29. The summed E-state index contributed by atoms with van der Waals surface area (Å²) in [6.45, 7) is 0. The van der Waals surface area contributed by atoms with E-state index in [2.05, 4.69) is 4.98 Å². The Morgan fingerprint density at radius 3 is 2.87 bits per heavy atom. The van der Waals surface area contributed by atoms with E-state index in [0.717, 1.165) is 19.3 Å². The largest absolute Gasteiger partial charge is 0.506 e. The topological polar surface area (TPSA) is 53.4 Å². The molecule has 1 aromatic rings. The quantitative estimate of drug-likeness (QED) is 0.778. The van der Waals surface area contributed by atoms with Crippen molar-refractivity contribution in [1.82, 2.24) is 4.98 Å². The number of pyridine rings is 1. The fraction of sp³-hybridized carbons (Fsp3) is 0.583. The van der Waals surface area contributed by atoms with Crippen LogP contribution in [-0.4, -0.2) is 21.3 Å². The number of hydrogen-bond acceptors (Lipinski definition) is 3. The number of hydrogen-bond donors (Lipinski definition) is 2. The zero-order valence-electron chi connectivity index (χ0n) is 8.76. The Morgan fingerprint density at radius 2 is 2.13 bits per heavy atom. The van der Waals surface area contributed by atoms with Crippen LogP contribution in [0, 0.1) is 5.92 Å². The van der Waals surface area contributed by atoms with Crippen molar-refractivity contribution in [2.24, 2.45) is 5.92 Å².